The highest BCUT2D eigenvalue weighted by atomic mass is 35.5. The van der Waals surface area contributed by atoms with Crippen LogP contribution in [0.5, 0.6) is 0 Å². The summed E-state index contributed by atoms with van der Waals surface area (Å²) in [5.41, 5.74) is 4.26. The van der Waals surface area contributed by atoms with Crippen LogP contribution in [0.1, 0.15) is 11.1 Å². The number of anilines is 2. The van der Waals surface area contributed by atoms with Crippen LogP contribution >= 0.6 is 23.2 Å². The van der Waals surface area contributed by atoms with Crippen LogP contribution in [0.25, 0.3) is 0 Å². The van der Waals surface area contributed by atoms with Crippen LogP contribution in [-0.2, 0) is 4.79 Å². The second kappa shape index (κ2) is 8.30. The van der Waals surface area contributed by atoms with Gasteiger partial charge in [0.25, 0.3) is 0 Å². The number of rotatable bonds is 4. The van der Waals surface area contributed by atoms with E-state index in [4.69, 9.17) is 23.2 Å². The van der Waals surface area contributed by atoms with Crippen LogP contribution in [0.2, 0.25) is 10.0 Å². The number of carbonyl (C=O) groups excluding carboxylic acids is 1. The van der Waals surface area contributed by atoms with Crippen LogP contribution in [0.3, 0.4) is 0 Å². The van der Waals surface area contributed by atoms with Gasteiger partial charge in [0.2, 0.25) is 5.91 Å². The van der Waals surface area contributed by atoms with Crippen LogP contribution < -0.4 is 10.2 Å². The molecule has 1 aliphatic heterocycles. The maximum absolute atomic E-state index is 12.4. The van der Waals surface area contributed by atoms with Crippen LogP contribution in [-0.4, -0.2) is 43.5 Å². The molecular formula is C20H23Cl2N3O. The van der Waals surface area contributed by atoms with Crippen LogP contribution in [0, 0.1) is 13.8 Å². The number of amides is 1. The maximum atomic E-state index is 12.4. The standard InChI is InChI=1S/C20H23Cl2N3O/c1-14-4-3-5-19(15(14)2)23-20(26)13-24-8-10-25(11-9-24)16-6-7-17(21)18(22)12-16/h3-7,12H,8-11,13H2,1-2H3,(H,23,26). The highest BCUT2D eigenvalue weighted by molar-refractivity contribution is 6.42. The topological polar surface area (TPSA) is 35.6 Å². The highest BCUT2D eigenvalue weighted by Crippen LogP contribution is 2.27. The van der Waals surface area contributed by atoms with Gasteiger partial charge >= 0.3 is 0 Å². The van der Waals surface area contributed by atoms with E-state index in [1.165, 1.54) is 5.56 Å². The van der Waals surface area contributed by atoms with Gasteiger partial charge in [-0.2, -0.15) is 0 Å². The first kappa shape index (κ1) is 19.0. The molecule has 1 saturated heterocycles. The molecule has 1 amide bonds. The fourth-order valence-corrected chi connectivity index (χ4v) is 3.42. The lowest BCUT2D eigenvalue weighted by atomic mass is 10.1. The van der Waals surface area contributed by atoms with Gasteiger partial charge in [-0.05, 0) is 49.2 Å². The van der Waals surface area contributed by atoms with Crippen molar-refractivity contribution in [1.29, 1.82) is 0 Å². The quantitative estimate of drug-likeness (QED) is 0.839. The van der Waals surface area contributed by atoms with Crippen molar-refractivity contribution in [2.45, 2.75) is 13.8 Å². The zero-order chi connectivity index (χ0) is 18.7. The predicted octanol–water partition coefficient (Wildman–Crippen LogP) is 4.37. The molecule has 138 valence electrons. The van der Waals surface area contributed by atoms with E-state index in [1.54, 1.807) is 0 Å². The third-order valence-electron chi connectivity index (χ3n) is 4.89. The summed E-state index contributed by atoms with van der Waals surface area (Å²) in [5, 5.41) is 4.16. The van der Waals surface area contributed by atoms with Gasteiger partial charge in [-0.3, -0.25) is 9.69 Å². The summed E-state index contributed by atoms with van der Waals surface area (Å²) < 4.78 is 0. The minimum absolute atomic E-state index is 0.0293. The number of nitrogens with one attached hydrogen (secondary N) is 1. The molecule has 0 unspecified atom stereocenters. The Bertz CT molecular complexity index is 802. The van der Waals surface area contributed by atoms with E-state index in [1.807, 2.05) is 50.2 Å². The Balaban J connectivity index is 1.52. The minimum atomic E-state index is 0.0293. The third-order valence-corrected chi connectivity index (χ3v) is 5.63. The molecule has 1 aliphatic rings. The van der Waals surface area contributed by atoms with Crippen LogP contribution in [0.15, 0.2) is 36.4 Å². The number of halogens is 2. The molecule has 0 saturated carbocycles. The van der Waals surface area contributed by atoms with Gasteiger partial charge in [-0.1, -0.05) is 35.3 Å². The van der Waals surface area contributed by atoms with Crippen molar-refractivity contribution < 1.29 is 4.79 Å². The number of nitrogens with zero attached hydrogens (tertiary/aromatic N) is 2. The van der Waals surface area contributed by atoms with E-state index < -0.39 is 0 Å². The molecular weight excluding hydrogens is 369 g/mol. The summed E-state index contributed by atoms with van der Waals surface area (Å²) in [5.74, 6) is 0.0293. The second-order valence-electron chi connectivity index (χ2n) is 6.66. The van der Waals surface area contributed by atoms with E-state index in [0.29, 0.717) is 16.6 Å². The highest BCUT2D eigenvalue weighted by Gasteiger charge is 2.20. The van der Waals surface area contributed by atoms with Gasteiger partial charge in [0.05, 0.1) is 16.6 Å². The molecule has 6 heteroatoms. The molecule has 0 spiro atoms. The Hall–Kier alpha value is -1.75. The smallest absolute Gasteiger partial charge is 0.238 e. The van der Waals surface area contributed by atoms with Crippen molar-refractivity contribution in [2.75, 3.05) is 42.9 Å². The van der Waals surface area contributed by atoms with Crippen molar-refractivity contribution in [3.8, 4) is 0 Å². The van der Waals surface area contributed by atoms with E-state index in [-0.39, 0.29) is 5.91 Å². The fourth-order valence-electron chi connectivity index (χ4n) is 3.13. The zero-order valence-corrected chi connectivity index (χ0v) is 16.6. The minimum Gasteiger partial charge on any atom is -0.369 e. The molecule has 26 heavy (non-hydrogen) atoms. The molecule has 2 aromatic rings. The lowest BCUT2D eigenvalue weighted by molar-refractivity contribution is -0.117. The van der Waals surface area contributed by atoms with Gasteiger partial charge in [0.15, 0.2) is 0 Å². The molecule has 4 nitrogen and oxygen atoms in total. The zero-order valence-electron chi connectivity index (χ0n) is 15.1. The van der Waals surface area contributed by atoms with Gasteiger partial charge in [0.1, 0.15) is 0 Å². The summed E-state index contributed by atoms with van der Waals surface area (Å²) in [6, 6.07) is 11.7. The summed E-state index contributed by atoms with van der Waals surface area (Å²) in [6.45, 7) is 7.86. The number of hydrogen-bond acceptors (Lipinski definition) is 3. The average molecular weight is 392 g/mol. The van der Waals surface area contributed by atoms with Crippen LogP contribution in [0.4, 0.5) is 11.4 Å². The Morgan fingerprint density at radius 3 is 2.46 bits per heavy atom. The monoisotopic (exact) mass is 391 g/mol. The molecule has 1 heterocycles. The van der Waals surface area contributed by atoms with E-state index in [9.17, 15) is 4.79 Å². The summed E-state index contributed by atoms with van der Waals surface area (Å²) in [4.78, 5) is 16.8. The number of hydrogen-bond donors (Lipinski definition) is 1. The van der Waals surface area contributed by atoms with E-state index >= 15 is 0 Å². The summed E-state index contributed by atoms with van der Waals surface area (Å²) in [7, 11) is 0. The van der Waals surface area contributed by atoms with Gasteiger partial charge in [-0.25, -0.2) is 0 Å². The van der Waals surface area contributed by atoms with Crippen molar-refractivity contribution in [3.63, 3.8) is 0 Å². The van der Waals surface area contributed by atoms with Gasteiger partial charge in [0, 0.05) is 37.6 Å². The third kappa shape index (κ3) is 4.50. The van der Waals surface area contributed by atoms with Crippen molar-refractivity contribution in [2.24, 2.45) is 0 Å². The number of aryl methyl sites for hydroxylation is 1. The molecule has 0 bridgehead atoms. The predicted molar refractivity (Wildman–Crippen MR) is 110 cm³/mol. The molecule has 3 rings (SSSR count). The molecule has 0 aliphatic carbocycles. The van der Waals surface area contributed by atoms with E-state index in [2.05, 4.69) is 15.1 Å². The molecule has 0 radical (unpaired) electrons. The lowest BCUT2D eigenvalue weighted by Gasteiger charge is -2.35. The van der Waals surface area contributed by atoms with Crippen molar-refractivity contribution in [3.05, 3.63) is 57.6 Å². The van der Waals surface area contributed by atoms with Crippen molar-refractivity contribution >= 4 is 40.5 Å². The molecule has 0 atom stereocenters. The first-order valence-electron chi connectivity index (χ1n) is 8.72. The molecule has 2 aromatic carbocycles. The second-order valence-corrected chi connectivity index (χ2v) is 7.47. The maximum Gasteiger partial charge on any atom is 0.238 e. The van der Waals surface area contributed by atoms with Gasteiger partial charge < -0.3 is 10.2 Å². The SMILES string of the molecule is Cc1cccc(NC(=O)CN2CCN(c3ccc(Cl)c(Cl)c3)CC2)c1C. The Kier molecular flexibility index (Phi) is 6.07. The number of piperazine rings is 1. The number of carbonyl (C=O) groups is 1. The Labute approximate surface area is 164 Å². The molecule has 1 N–H and O–H groups in total. The van der Waals surface area contributed by atoms with Crippen molar-refractivity contribution in [1.82, 2.24) is 4.90 Å². The molecule has 0 aromatic heterocycles. The lowest BCUT2D eigenvalue weighted by Crippen LogP contribution is -2.48. The summed E-state index contributed by atoms with van der Waals surface area (Å²) >= 11 is 12.1. The molecule has 1 fully saturated rings. The fraction of sp³-hybridized carbons (Fsp3) is 0.350. The Morgan fingerprint density at radius 1 is 1.04 bits per heavy atom. The number of benzene rings is 2. The first-order valence-corrected chi connectivity index (χ1v) is 9.48. The first-order chi connectivity index (χ1) is 12.4. The summed E-state index contributed by atoms with van der Waals surface area (Å²) in [6.07, 6.45) is 0. The van der Waals surface area contributed by atoms with E-state index in [0.717, 1.165) is 43.1 Å². The Morgan fingerprint density at radius 2 is 1.77 bits per heavy atom. The average Bonchev–Trinajstić information content (AvgIpc) is 2.62. The van der Waals surface area contributed by atoms with Gasteiger partial charge in [-0.15, -0.1) is 0 Å². The largest absolute Gasteiger partial charge is 0.369 e. The normalized spacial score (nSPS) is 15.2.